The molecule has 3 nitrogen and oxygen atoms in total. The molecule has 0 saturated carbocycles. The van der Waals surface area contributed by atoms with E-state index in [0.717, 1.165) is 0 Å². The van der Waals surface area contributed by atoms with Crippen LogP contribution < -0.4 is 0 Å². The van der Waals surface area contributed by atoms with E-state index in [4.69, 9.17) is 0 Å². The van der Waals surface area contributed by atoms with Crippen LogP contribution in [0.25, 0.3) is 11.3 Å². The molecule has 2 rings (SSSR count). The van der Waals surface area contributed by atoms with E-state index < -0.39 is 0 Å². The van der Waals surface area contributed by atoms with Gasteiger partial charge < -0.3 is 4.57 Å². The molecule has 0 atom stereocenters. The zero-order valence-corrected chi connectivity index (χ0v) is 8.14. The number of halogens is 1. The zero-order valence-electron chi connectivity index (χ0n) is 8.14. The van der Waals surface area contributed by atoms with Crippen molar-refractivity contribution in [3.63, 3.8) is 0 Å². The summed E-state index contributed by atoms with van der Waals surface area (Å²) in [5.74, 6) is -0.357. The number of aldehydes is 1. The molecule has 15 heavy (non-hydrogen) atoms. The molecule has 0 spiro atoms. The number of imidazole rings is 1. The summed E-state index contributed by atoms with van der Waals surface area (Å²) in [6, 6.07) is 6.31. The molecule has 0 unspecified atom stereocenters. The summed E-state index contributed by atoms with van der Waals surface area (Å²) in [4.78, 5) is 14.6. The summed E-state index contributed by atoms with van der Waals surface area (Å²) < 4.78 is 15.1. The molecule has 2 aromatic rings. The normalized spacial score (nSPS) is 10.3. The van der Waals surface area contributed by atoms with Crippen LogP contribution in [0.5, 0.6) is 0 Å². The molecule has 1 aromatic heterocycles. The summed E-state index contributed by atoms with van der Waals surface area (Å²) in [6.07, 6.45) is 2.12. The first-order chi connectivity index (χ1) is 7.24. The Morgan fingerprint density at radius 2 is 2.13 bits per heavy atom. The van der Waals surface area contributed by atoms with Gasteiger partial charge in [-0.3, -0.25) is 4.79 Å². The molecule has 1 heterocycles. The van der Waals surface area contributed by atoms with Gasteiger partial charge in [-0.15, -0.1) is 0 Å². The molecule has 0 saturated heterocycles. The van der Waals surface area contributed by atoms with Crippen LogP contribution >= 0.6 is 0 Å². The fourth-order valence-electron chi connectivity index (χ4n) is 1.52. The minimum Gasteiger partial charge on any atom is -0.333 e. The highest BCUT2D eigenvalue weighted by molar-refractivity contribution is 5.83. The fraction of sp³-hybridized carbons (Fsp3) is 0.0909. The summed E-state index contributed by atoms with van der Waals surface area (Å²) in [6.45, 7) is 0. The van der Waals surface area contributed by atoms with Crippen molar-refractivity contribution in [1.29, 1.82) is 0 Å². The topological polar surface area (TPSA) is 34.9 Å². The Balaban J connectivity index is 2.68. The van der Waals surface area contributed by atoms with E-state index in [-0.39, 0.29) is 11.5 Å². The largest absolute Gasteiger partial charge is 0.333 e. The Bertz CT molecular complexity index is 505. The molecule has 0 radical (unpaired) electrons. The number of carbonyl (C=O) groups excluding carboxylic acids is 1. The minimum atomic E-state index is -0.357. The Hall–Kier alpha value is -1.97. The first-order valence-electron chi connectivity index (χ1n) is 4.45. The van der Waals surface area contributed by atoms with Gasteiger partial charge in [0.25, 0.3) is 0 Å². The monoisotopic (exact) mass is 204 g/mol. The Kier molecular flexibility index (Phi) is 2.33. The van der Waals surface area contributed by atoms with Crippen LogP contribution in [-0.4, -0.2) is 15.8 Å². The number of nitrogens with zero attached hydrogens (tertiary/aromatic N) is 2. The van der Waals surface area contributed by atoms with Crippen molar-refractivity contribution in [2.75, 3.05) is 0 Å². The molecule has 0 aliphatic rings. The van der Waals surface area contributed by atoms with E-state index in [1.807, 2.05) is 0 Å². The number of aryl methyl sites for hydroxylation is 1. The number of hydrogen-bond donors (Lipinski definition) is 0. The van der Waals surface area contributed by atoms with Crippen LogP contribution in [-0.2, 0) is 7.05 Å². The fourth-order valence-corrected chi connectivity index (χ4v) is 1.52. The van der Waals surface area contributed by atoms with E-state index in [1.54, 1.807) is 29.8 Å². The van der Waals surface area contributed by atoms with E-state index >= 15 is 0 Å². The van der Waals surface area contributed by atoms with Gasteiger partial charge in [0.1, 0.15) is 11.5 Å². The molecule has 1 aromatic carbocycles. The molecule has 0 fully saturated rings. The molecule has 0 bridgehead atoms. The lowest BCUT2D eigenvalue weighted by molar-refractivity contribution is 0.112. The molecule has 0 aliphatic carbocycles. The average Bonchev–Trinajstić information content (AvgIpc) is 2.60. The van der Waals surface area contributed by atoms with Crippen molar-refractivity contribution in [2.24, 2.45) is 7.05 Å². The third-order valence-electron chi connectivity index (χ3n) is 2.21. The highest BCUT2D eigenvalue weighted by atomic mass is 19.1. The molecule has 0 amide bonds. The van der Waals surface area contributed by atoms with Gasteiger partial charge in [0, 0.05) is 12.6 Å². The van der Waals surface area contributed by atoms with Gasteiger partial charge in [-0.1, -0.05) is 12.1 Å². The molecular formula is C11H9FN2O. The van der Waals surface area contributed by atoms with Crippen molar-refractivity contribution in [3.8, 4) is 11.3 Å². The summed E-state index contributed by atoms with van der Waals surface area (Å²) in [7, 11) is 1.72. The Morgan fingerprint density at radius 1 is 1.40 bits per heavy atom. The van der Waals surface area contributed by atoms with Gasteiger partial charge in [0.2, 0.25) is 0 Å². The van der Waals surface area contributed by atoms with Crippen LogP contribution in [0.1, 0.15) is 10.5 Å². The predicted octanol–water partition coefficient (Wildman–Crippen LogP) is 2.04. The van der Waals surface area contributed by atoms with Crippen molar-refractivity contribution >= 4 is 6.29 Å². The molecule has 0 N–H and O–H groups in total. The number of hydrogen-bond acceptors (Lipinski definition) is 2. The summed E-state index contributed by atoms with van der Waals surface area (Å²) >= 11 is 0. The van der Waals surface area contributed by atoms with Crippen LogP contribution in [0, 0.1) is 5.82 Å². The van der Waals surface area contributed by atoms with Crippen LogP contribution in [0.2, 0.25) is 0 Å². The van der Waals surface area contributed by atoms with Crippen molar-refractivity contribution in [2.45, 2.75) is 0 Å². The average molecular weight is 204 g/mol. The van der Waals surface area contributed by atoms with E-state index in [0.29, 0.717) is 17.5 Å². The summed E-state index contributed by atoms with van der Waals surface area (Å²) in [5, 5.41) is 0. The highest BCUT2D eigenvalue weighted by Gasteiger charge is 2.13. The van der Waals surface area contributed by atoms with E-state index in [2.05, 4.69) is 4.98 Å². The predicted molar refractivity (Wildman–Crippen MR) is 54.0 cm³/mol. The molecule has 76 valence electrons. The molecule has 4 heteroatoms. The van der Waals surface area contributed by atoms with Gasteiger partial charge in [-0.25, -0.2) is 9.37 Å². The Morgan fingerprint density at radius 3 is 2.80 bits per heavy atom. The highest BCUT2D eigenvalue weighted by Crippen LogP contribution is 2.24. The number of rotatable bonds is 2. The second-order valence-electron chi connectivity index (χ2n) is 3.19. The minimum absolute atomic E-state index is 0.252. The smallest absolute Gasteiger partial charge is 0.170 e. The van der Waals surface area contributed by atoms with Gasteiger partial charge in [-0.05, 0) is 12.1 Å². The van der Waals surface area contributed by atoms with Crippen molar-refractivity contribution in [1.82, 2.24) is 9.55 Å². The SMILES string of the molecule is Cn1cnc(C=O)c1-c1ccccc1F. The number of aromatic nitrogens is 2. The standard InChI is InChI=1S/C11H9FN2O/c1-14-7-13-10(6-15)11(14)8-4-2-3-5-9(8)12/h2-7H,1H3. The van der Waals surface area contributed by atoms with Gasteiger partial charge >= 0.3 is 0 Å². The van der Waals surface area contributed by atoms with Crippen LogP contribution in [0.15, 0.2) is 30.6 Å². The van der Waals surface area contributed by atoms with Crippen LogP contribution in [0.3, 0.4) is 0 Å². The van der Waals surface area contributed by atoms with Gasteiger partial charge in [0.15, 0.2) is 6.29 Å². The third-order valence-corrected chi connectivity index (χ3v) is 2.21. The second kappa shape index (κ2) is 3.65. The lowest BCUT2D eigenvalue weighted by atomic mass is 10.1. The van der Waals surface area contributed by atoms with E-state index in [1.165, 1.54) is 12.4 Å². The molecular weight excluding hydrogens is 195 g/mol. The number of benzene rings is 1. The Labute approximate surface area is 86.2 Å². The molecule has 0 aliphatic heterocycles. The van der Waals surface area contributed by atoms with Gasteiger partial charge in [-0.2, -0.15) is 0 Å². The number of carbonyl (C=O) groups is 1. The van der Waals surface area contributed by atoms with Crippen LogP contribution in [0.4, 0.5) is 4.39 Å². The maximum atomic E-state index is 13.5. The second-order valence-corrected chi connectivity index (χ2v) is 3.19. The lowest BCUT2D eigenvalue weighted by Crippen LogP contribution is -1.95. The zero-order chi connectivity index (χ0) is 10.8. The lowest BCUT2D eigenvalue weighted by Gasteiger charge is -2.04. The third kappa shape index (κ3) is 1.54. The van der Waals surface area contributed by atoms with Gasteiger partial charge in [0.05, 0.1) is 12.0 Å². The quantitative estimate of drug-likeness (QED) is 0.701. The maximum absolute atomic E-state index is 13.5. The summed E-state index contributed by atoms with van der Waals surface area (Å²) in [5.41, 5.74) is 1.14. The van der Waals surface area contributed by atoms with Crippen molar-refractivity contribution < 1.29 is 9.18 Å². The van der Waals surface area contributed by atoms with Crippen molar-refractivity contribution in [3.05, 3.63) is 42.1 Å². The maximum Gasteiger partial charge on any atom is 0.170 e. The van der Waals surface area contributed by atoms with E-state index in [9.17, 15) is 9.18 Å². The first kappa shape index (κ1) is 9.58. The first-order valence-corrected chi connectivity index (χ1v) is 4.45.